The lowest BCUT2D eigenvalue weighted by Crippen LogP contribution is -2.26. The summed E-state index contributed by atoms with van der Waals surface area (Å²) in [5, 5.41) is 7.44. The summed E-state index contributed by atoms with van der Waals surface area (Å²) in [6.07, 6.45) is 0. The van der Waals surface area contributed by atoms with Crippen LogP contribution in [0.25, 0.3) is 5.69 Å². The highest BCUT2D eigenvalue weighted by Crippen LogP contribution is 2.20. The highest BCUT2D eigenvalue weighted by molar-refractivity contribution is 6.31. The number of rotatable bonds is 3. The summed E-state index contributed by atoms with van der Waals surface area (Å²) in [7, 11) is 0. The van der Waals surface area contributed by atoms with Crippen molar-refractivity contribution in [3.8, 4) is 5.69 Å². The fraction of sp³-hybridized carbons (Fsp3) is 0.105. The zero-order chi connectivity index (χ0) is 18.0. The lowest BCUT2D eigenvalue weighted by molar-refractivity contribution is 0.101. The van der Waals surface area contributed by atoms with Crippen LogP contribution in [0.4, 0.5) is 5.69 Å². The Labute approximate surface area is 149 Å². The number of carbonyl (C=O) groups is 1. The van der Waals surface area contributed by atoms with Crippen LogP contribution in [0.2, 0.25) is 5.02 Å². The van der Waals surface area contributed by atoms with Crippen molar-refractivity contribution in [3.63, 3.8) is 0 Å². The molecule has 0 atom stereocenters. The van der Waals surface area contributed by atoms with E-state index >= 15 is 0 Å². The first kappa shape index (κ1) is 16.9. The van der Waals surface area contributed by atoms with Gasteiger partial charge in [0.05, 0.1) is 5.69 Å². The molecule has 0 spiro atoms. The van der Waals surface area contributed by atoms with Crippen LogP contribution < -0.4 is 10.7 Å². The molecule has 2 aromatic carbocycles. The number of amides is 1. The third-order valence-corrected chi connectivity index (χ3v) is 4.16. The Bertz CT molecular complexity index is 997. The van der Waals surface area contributed by atoms with Crippen molar-refractivity contribution < 1.29 is 4.79 Å². The third kappa shape index (κ3) is 3.61. The smallest absolute Gasteiger partial charge is 0.280 e. The number of carbonyl (C=O) groups excluding carboxylic acids is 1. The minimum Gasteiger partial charge on any atom is -0.320 e. The number of halogens is 1. The zero-order valence-electron chi connectivity index (χ0n) is 13.8. The zero-order valence-corrected chi connectivity index (χ0v) is 14.5. The molecule has 0 aliphatic heterocycles. The molecule has 1 aromatic heterocycles. The number of nitrogens with zero attached hydrogens (tertiary/aromatic N) is 2. The predicted molar refractivity (Wildman–Crippen MR) is 98.7 cm³/mol. The van der Waals surface area contributed by atoms with Gasteiger partial charge in [-0.2, -0.15) is 5.10 Å². The second-order valence-electron chi connectivity index (χ2n) is 5.66. The van der Waals surface area contributed by atoms with Gasteiger partial charge in [0, 0.05) is 22.5 Å². The number of hydrogen-bond acceptors (Lipinski definition) is 3. The van der Waals surface area contributed by atoms with E-state index in [9.17, 15) is 9.59 Å². The summed E-state index contributed by atoms with van der Waals surface area (Å²) < 4.78 is 1.57. The van der Waals surface area contributed by atoms with Crippen molar-refractivity contribution in [3.05, 3.63) is 86.8 Å². The normalized spacial score (nSPS) is 10.5. The average molecular weight is 354 g/mol. The molecule has 126 valence electrons. The molecule has 5 nitrogen and oxygen atoms in total. The van der Waals surface area contributed by atoms with Gasteiger partial charge >= 0.3 is 0 Å². The fourth-order valence-corrected chi connectivity index (χ4v) is 2.58. The van der Waals surface area contributed by atoms with E-state index in [1.165, 1.54) is 6.07 Å². The summed E-state index contributed by atoms with van der Waals surface area (Å²) in [6, 6.07) is 15.9. The van der Waals surface area contributed by atoms with Crippen molar-refractivity contribution in [1.29, 1.82) is 0 Å². The molecule has 1 N–H and O–H groups in total. The lowest BCUT2D eigenvalue weighted by Gasteiger charge is -2.11. The van der Waals surface area contributed by atoms with Crippen LogP contribution in [-0.2, 0) is 0 Å². The number of anilines is 1. The molecule has 0 bridgehead atoms. The maximum atomic E-state index is 12.5. The molecule has 0 saturated carbocycles. The molecule has 0 radical (unpaired) electrons. The maximum absolute atomic E-state index is 12.5. The number of hydrogen-bond donors (Lipinski definition) is 1. The van der Waals surface area contributed by atoms with Crippen LogP contribution >= 0.6 is 11.6 Å². The Morgan fingerprint density at radius 3 is 2.48 bits per heavy atom. The molecule has 6 heteroatoms. The Balaban J connectivity index is 1.97. The first-order chi connectivity index (χ1) is 12.0. The topological polar surface area (TPSA) is 64.0 Å². The van der Waals surface area contributed by atoms with Gasteiger partial charge in [-0.1, -0.05) is 35.9 Å². The van der Waals surface area contributed by atoms with Crippen molar-refractivity contribution in [2.45, 2.75) is 13.8 Å². The van der Waals surface area contributed by atoms with Gasteiger partial charge in [0.2, 0.25) is 5.43 Å². The maximum Gasteiger partial charge on any atom is 0.280 e. The van der Waals surface area contributed by atoms with Gasteiger partial charge in [-0.3, -0.25) is 9.59 Å². The van der Waals surface area contributed by atoms with E-state index in [4.69, 9.17) is 11.6 Å². The molecule has 0 aliphatic carbocycles. The fourth-order valence-electron chi connectivity index (χ4n) is 2.40. The van der Waals surface area contributed by atoms with E-state index in [-0.39, 0.29) is 5.69 Å². The highest BCUT2D eigenvalue weighted by Gasteiger charge is 2.16. The van der Waals surface area contributed by atoms with Crippen LogP contribution in [0, 0.1) is 13.8 Å². The van der Waals surface area contributed by atoms with E-state index in [0.29, 0.717) is 16.4 Å². The molecule has 25 heavy (non-hydrogen) atoms. The minimum absolute atomic E-state index is 0.175. The molecule has 0 unspecified atom stereocenters. The summed E-state index contributed by atoms with van der Waals surface area (Å²) >= 11 is 6.07. The van der Waals surface area contributed by atoms with E-state index in [2.05, 4.69) is 10.4 Å². The minimum atomic E-state index is -0.574. The standard InChI is InChI=1S/C19H16ClN3O2/c1-12-8-9-14(11-16(12)20)21-19(25)18-17(24)10-13(2)23(22-18)15-6-4-3-5-7-15/h3-11H,1-2H3,(H,21,25). The molecule has 3 aromatic rings. The van der Waals surface area contributed by atoms with E-state index in [1.54, 1.807) is 29.8 Å². The van der Waals surface area contributed by atoms with E-state index in [0.717, 1.165) is 11.3 Å². The van der Waals surface area contributed by atoms with Crippen LogP contribution in [0.5, 0.6) is 0 Å². The summed E-state index contributed by atoms with van der Waals surface area (Å²) in [5.74, 6) is -0.574. The molecule has 0 saturated heterocycles. The Morgan fingerprint density at radius 1 is 1.08 bits per heavy atom. The van der Waals surface area contributed by atoms with Crippen molar-refractivity contribution in [2.75, 3.05) is 5.32 Å². The van der Waals surface area contributed by atoms with Gasteiger partial charge in [0.25, 0.3) is 5.91 Å². The van der Waals surface area contributed by atoms with Gasteiger partial charge < -0.3 is 5.32 Å². The number of benzene rings is 2. The van der Waals surface area contributed by atoms with Gasteiger partial charge in [0.1, 0.15) is 0 Å². The largest absolute Gasteiger partial charge is 0.320 e. The molecular formula is C19H16ClN3O2. The van der Waals surface area contributed by atoms with Crippen LogP contribution in [0.15, 0.2) is 59.4 Å². The van der Waals surface area contributed by atoms with Crippen molar-refractivity contribution in [1.82, 2.24) is 9.78 Å². The monoisotopic (exact) mass is 353 g/mol. The number of para-hydroxylation sites is 1. The van der Waals surface area contributed by atoms with Gasteiger partial charge in [0.15, 0.2) is 5.69 Å². The van der Waals surface area contributed by atoms with Crippen molar-refractivity contribution >= 4 is 23.2 Å². The number of aryl methyl sites for hydroxylation is 2. The first-order valence-electron chi connectivity index (χ1n) is 7.69. The molecule has 1 heterocycles. The van der Waals surface area contributed by atoms with Crippen molar-refractivity contribution in [2.24, 2.45) is 0 Å². The summed E-state index contributed by atoms with van der Waals surface area (Å²) in [4.78, 5) is 24.7. The van der Waals surface area contributed by atoms with E-state index in [1.807, 2.05) is 37.3 Å². The Hall–Kier alpha value is -2.92. The molecule has 0 fully saturated rings. The summed E-state index contributed by atoms with van der Waals surface area (Å²) in [6.45, 7) is 3.64. The Morgan fingerprint density at radius 2 is 1.80 bits per heavy atom. The lowest BCUT2D eigenvalue weighted by atomic mass is 10.2. The van der Waals surface area contributed by atoms with Crippen LogP contribution in [-0.4, -0.2) is 15.7 Å². The second kappa shape index (κ2) is 6.91. The summed E-state index contributed by atoms with van der Waals surface area (Å²) in [5.41, 5.74) is 2.22. The second-order valence-corrected chi connectivity index (χ2v) is 6.07. The third-order valence-electron chi connectivity index (χ3n) is 3.75. The van der Waals surface area contributed by atoms with Crippen LogP contribution in [0.1, 0.15) is 21.7 Å². The van der Waals surface area contributed by atoms with Crippen LogP contribution in [0.3, 0.4) is 0 Å². The SMILES string of the molecule is Cc1ccc(NC(=O)c2nn(-c3ccccc3)c(C)cc2=O)cc1Cl. The Kier molecular flexibility index (Phi) is 4.67. The molecule has 0 aliphatic rings. The molecule has 3 rings (SSSR count). The van der Waals surface area contributed by atoms with Gasteiger partial charge in [-0.15, -0.1) is 0 Å². The van der Waals surface area contributed by atoms with Gasteiger partial charge in [-0.25, -0.2) is 4.68 Å². The molecular weight excluding hydrogens is 338 g/mol. The highest BCUT2D eigenvalue weighted by atomic mass is 35.5. The van der Waals surface area contributed by atoms with Gasteiger partial charge in [-0.05, 0) is 43.7 Å². The quantitative estimate of drug-likeness (QED) is 0.779. The van der Waals surface area contributed by atoms with E-state index < -0.39 is 11.3 Å². The molecule has 1 amide bonds. The predicted octanol–water partition coefficient (Wildman–Crippen LogP) is 3.76. The number of aromatic nitrogens is 2. The average Bonchev–Trinajstić information content (AvgIpc) is 2.59. The first-order valence-corrected chi connectivity index (χ1v) is 8.07. The number of nitrogens with one attached hydrogen (secondary N) is 1.